The van der Waals surface area contributed by atoms with Gasteiger partial charge >= 0.3 is 18.0 Å². The molecular formula is C14H14ClF3N2O2. The summed E-state index contributed by atoms with van der Waals surface area (Å²) in [6.45, 7) is 0.887. The summed E-state index contributed by atoms with van der Waals surface area (Å²) < 4.78 is 38.8. The molecule has 0 radical (unpaired) electrons. The highest BCUT2D eigenvalue weighted by atomic mass is 35.5. The van der Waals surface area contributed by atoms with Crippen molar-refractivity contribution >= 4 is 29.1 Å². The third-order valence-corrected chi connectivity index (χ3v) is 3.61. The molecular weight excluding hydrogens is 321 g/mol. The molecule has 1 N–H and O–H groups in total. The lowest BCUT2D eigenvalue weighted by Gasteiger charge is -2.26. The van der Waals surface area contributed by atoms with E-state index in [1.807, 2.05) is 5.32 Å². The molecule has 8 heteroatoms. The Kier molecular flexibility index (Phi) is 4.95. The molecule has 2 amide bonds. The van der Waals surface area contributed by atoms with Crippen LogP contribution in [0.1, 0.15) is 24.8 Å². The fourth-order valence-corrected chi connectivity index (χ4v) is 2.45. The van der Waals surface area contributed by atoms with Crippen molar-refractivity contribution in [3.05, 3.63) is 28.8 Å². The molecule has 1 saturated heterocycles. The van der Waals surface area contributed by atoms with Crippen LogP contribution in [0.3, 0.4) is 0 Å². The number of amides is 2. The second-order valence-corrected chi connectivity index (χ2v) is 5.43. The van der Waals surface area contributed by atoms with Crippen molar-refractivity contribution in [2.75, 3.05) is 18.4 Å². The first-order valence-electron chi connectivity index (χ1n) is 6.76. The van der Waals surface area contributed by atoms with Crippen molar-refractivity contribution in [3.63, 3.8) is 0 Å². The Morgan fingerprint density at radius 3 is 2.36 bits per heavy atom. The first kappa shape index (κ1) is 16.6. The maximum Gasteiger partial charge on any atom is 0.418 e. The summed E-state index contributed by atoms with van der Waals surface area (Å²) >= 11 is 5.56. The zero-order valence-corrected chi connectivity index (χ0v) is 12.3. The van der Waals surface area contributed by atoms with Crippen LogP contribution in [0, 0.1) is 0 Å². The van der Waals surface area contributed by atoms with Crippen LogP contribution < -0.4 is 5.32 Å². The summed E-state index contributed by atoms with van der Waals surface area (Å²) in [6.07, 6.45) is -2.13. The van der Waals surface area contributed by atoms with Crippen LogP contribution in [0.4, 0.5) is 18.9 Å². The van der Waals surface area contributed by atoms with Crippen molar-refractivity contribution in [3.8, 4) is 0 Å². The van der Waals surface area contributed by atoms with Crippen LogP contribution in [-0.4, -0.2) is 29.8 Å². The zero-order chi connectivity index (χ0) is 16.3. The van der Waals surface area contributed by atoms with Crippen molar-refractivity contribution < 1.29 is 22.8 Å². The fourth-order valence-electron chi connectivity index (χ4n) is 2.28. The van der Waals surface area contributed by atoms with Crippen LogP contribution in [0.15, 0.2) is 18.2 Å². The first-order valence-corrected chi connectivity index (χ1v) is 7.14. The van der Waals surface area contributed by atoms with Gasteiger partial charge in [0.25, 0.3) is 0 Å². The van der Waals surface area contributed by atoms with Crippen molar-refractivity contribution in [2.45, 2.75) is 25.4 Å². The molecule has 1 aromatic carbocycles. The van der Waals surface area contributed by atoms with Crippen LogP contribution in [0.5, 0.6) is 0 Å². The van der Waals surface area contributed by atoms with Gasteiger partial charge in [0.2, 0.25) is 0 Å². The van der Waals surface area contributed by atoms with Crippen LogP contribution in [0.2, 0.25) is 5.02 Å². The van der Waals surface area contributed by atoms with E-state index in [9.17, 15) is 22.8 Å². The van der Waals surface area contributed by atoms with Gasteiger partial charge in [-0.2, -0.15) is 13.2 Å². The van der Waals surface area contributed by atoms with E-state index in [0.29, 0.717) is 19.2 Å². The Hall–Kier alpha value is -1.76. The maximum atomic E-state index is 12.9. The minimum Gasteiger partial charge on any atom is -0.334 e. The Morgan fingerprint density at radius 2 is 1.77 bits per heavy atom. The number of carbonyl (C=O) groups is 2. The Bertz CT molecular complexity index is 584. The molecule has 0 saturated carbocycles. The topological polar surface area (TPSA) is 49.4 Å². The van der Waals surface area contributed by atoms with E-state index >= 15 is 0 Å². The van der Waals surface area contributed by atoms with Crippen molar-refractivity contribution in [2.24, 2.45) is 0 Å². The normalized spacial score (nSPS) is 15.5. The van der Waals surface area contributed by atoms with Gasteiger partial charge in [0.05, 0.1) is 11.3 Å². The standard InChI is InChI=1S/C14H14ClF3N2O2/c15-9-4-5-11(10(8-9)14(16,17)18)19-12(21)13(22)20-6-2-1-3-7-20/h4-5,8H,1-3,6-7H2,(H,19,21). The number of benzene rings is 1. The van der Waals surface area contributed by atoms with E-state index in [-0.39, 0.29) is 5.02 Å². The summed E-state index contributed by atoms with van der Waals surface area (Å²) in [5.41, 5.74) is -1.56. The van der Waals surface area contributed by atoms with Gasteiger partial charge in [-0.15, -0.1) is 0 Å². The molecule has 4 nitrogen and oxygen atoms in total. The number of carbonyl (C=O) groups excluding carboxylic acids is 2. The number of alkyl halides is 3. The van der Waals surface area contributed by atoms with E-state index in [4.69, 9.17) is 11.6 Å². The Balaban J connectivity index is 2.16. The highest BCUT2D eigenvalue weighted by Gasteiger charge is 2.35. The molecule has 0 atom stereocenters. The molecule has 2 rings (SSSR count). The minimum atomic E-state index is -4.68. The summed E-state index contributed by atoms with van der Waals surface area (Å²) in [4.78, 5) is 25.2. The number of halogens is 4. The molecule has 0 aliphatic carbocycles. The lowest BCUT2D eigenvalue weighted by atomic mass is 10.1. The lowest BCUT2D eigenvalue weighted by molar-refractivity contribution is -0.144. The van der Waals surface area contributed by atoms with Crippen LogP contribution in [0.25, 0.3) is 0 Å². The number of hydrogen-bond donors (Lipinski definition) is 1. The number of nitrogens with one attached hydrogen (secondary N) is 1. The van der Waals surface area contributed by atoms with E-state index in [0.717, 1.165) is 25.3 Å². The monoisotopic (exact) mass is 334 g/mol. The SMILES string of the molecule is O=C(Nc1ccc(Cl)cc1C(F)(F)F)C(=O)N1CCCCC1. The molecule has 1 aliphatic rings. The fraction of sp³-hybridized carbons (Fsp3) is 0.429. The first-order chi connectivity index (χ1) is 10.3. The Labute approximate surface area is 130 Å². The molecule has 0 unspecified atom stereocenters. The number of likely N-dealkylation sites (tertiary alicyclic amines) is 1. The van der Waals surface area contributed by atoms with Crippen LogP contribution in [-0.2, 0) is 15.8 Å². The van der Waals surface area contributed by atoms with E-state index in [2.05, 4.69) is 0 Å². The molecule has 1 fully saturated rings. The third kappa shape index (κ3) is 3.91. The number of nitrogens with zero attached hydrogens (tertiary/aromatic N) is 1. The average Bonchev–Trinajstić information content (AvgIpc) is 2.48. The van der Waals surface area contributed by atoms with Gasteiger partial charge in [0, 0.05) is 18.1 Å². The number of anilines is 1. The lowest BCUT2D eigenvalue weighted by Crippen LogP contribution is -2.42. The molecule has 0 aromatic heterocycles. The molecule has 1 aliphatic heterocycles. The largest absolute Gasteiger partial charge is 0.418 e. The maximum absolute atomic E-state index is 12.9. The van der Waals surface area contributed by atoms with Gasteiger partial charge in [-0.05, 0) is 37.5 Å². The minimum absolute atomic E-state index is 0.104. The molecule has 120 valence electrons. The zero-order valence-electron chi connectivity index (χ0n) is 11.5. The highest BCUT2D eigenvalue weighted by Crippen LogP contribution is 2.36. The van der Waals surface area contributed by atoms with Gasteiger partial charge < -0.3 is 10.2 Å². The van der Waals surface area contributed by atoms with Gasteiger partial charge in [-0.3, -0.25) is 9.59 Å². The molecule has 0 bridgehead atoms. The molecule has 1 heterocycles. The predicted octanol–water partition coefficient (Wildman–Crippen LogP) is 3.31. The number of piperidine rings is 1. The number of hydrogen-bond acceptors (Lipinski definition) is 2. The quantitative estimate of drug-likeness (QED) is 0.801. The predicted molar refractivity (Wildman–Crippen MR) is 75.5 cm³/mol. The van der Waals surface area contributed by atoms with Crippen molar-refractivity contribution in [1.29, 1.82) is 0 Å². The van der Waals surface area contributed by atoms with E-state index in [1.165, 1.54) is 11.0 Å². The third-order valence-electron chi connectivity index (χ3n) is 3.37. The average molecular weight is 335 g/mol. The second kappa shape index (κ2) is 6.56. The number of rotatable bonds is 1. The Morgan fingerprint density at radius 1 is 1.14 bits per heavy atom. The van der Waals surface area contributed by atoms with E-state index in [1.54, 1.807) is 0 Å². The van der Waals surface area contributed by atoms with Crippen molar-refractivity contribution in [1.82, 2.24) is 4.90 Å². The molecule has 0 spiro atoms. The highest BCUT2D eigenvalue weighted by molar-refractivity contribution is 6.39. The van der Waals surface area contributed by atoms with Gasteiger partial charge in [-0.25, -0.2) is 0 Å². The van der Waals surface area contributed by atoms with Gasteiger partial charge in [0.1, 0.15) is 0 Å². The van der Waals surface area contributed by atoms with Crippen LogP contribution >= 0.6 is 11.6 Å². The second-order valence-electron chi connectivity index (χ2n) is 4.99. The van der Waals surface area contributed by atoms with E-state index < -0.39 is 29.2 Å². The smallest absolute Gasteiger partial charge is 0.334 e. The van der Waals surface area contributed by atoms with Gasteiger partial charge in [-0.1, -0.05) is 11.6 Å². The molecule has 1 aromatic rings. The summed E-state index contributed by atoms with van der Waals surface area (Å²) in [5.74, 6) is -1.89. The summed E-state index contributed by atoms with van der Waals surface area (Å²) in [7, 11) is 0. The molecule has 22 heavy (non-hydrogen) atoms. The van der Waals surface area contributed by atoms with Gasteiger partial charge in [0.15, 0.2) is 0 Å². The summed E-state index contributed by atoms with van der Waals surface area (Å²) in [5, 5.41) is 1.93. The summed E-state index contributed by atoms with van der Waals surface area (Å²) in [6, 6.07) is 2.97.